The van der Waals surface area contributed by atoms with E-state index in [9.17, 15) is 13.2 Å². The van der Waals surface area contributed by atoms with Gasteiger partial charge in [0.15, 0.2) is 6.61 Å². The Hall–Kier alpha value is -2.58. The van der Waals surface area contributed by atoms with Crippen LogP contribution in [0.1, 0.15) is 18.1 Å². The van der Waals surface area contributed by atoms with E-state index in [2.05, 4.69) is 5.32 Å². The molecule has 0 heterocycles. The van der Waals surface area contributed by atoms with Crippen molar-refractivity contribution in [2.24, 2.45) is 0 Å². The second-order valence-corrected chi connectivity index (χ2v) is 8.87. The molecule has 0 saturated carbocycles. The molecule has 158 valence electrons. The fraction of sp³-hybridized carbons (Fsp3) is 0.381. The van der Waals surface area contributed by atoms with E-state index >= 15 is 0 Å². The summed E-state index contributed by atoms with van der Waals surface area (Å²) in [6, 6.07) is 14.2. The lowest BCUT2D eigenvalue weighted by molar-refractivity contribution is -0.124. The average Bonchev–Trinajstić information content (AvgIpc) is 2.65. The lowest BCUT2D eigenvalue weighted by Crippen LogP contribution is -2.38. The predicted octanol–water partition coefficient (Wildman–Crippen LogP) is 2.49. The molecule has 29 heavy (non-hydrogen) atoms. The van der Waals surface area contributed by atoms with Crippen molar-refractivity contribution in [3.05, 3.63) is 59.7 Å². The van der Waals surface area contributed by atoms with E-state index in [1.807, 2.05) is 38.1 Å². The zero-order valence-electron chi connectivity index (χ0n) is 17.2. The van der Waals surface area contributed by atoms with E-state index in [1.54, 1.807) is 31.4 Å². The number of sulfonamides is 1. The first-order valence-electron chi connectivity index (χ1n) is 9.23. The third kappa shape index (κ3) is 7.40. The van der Waals surface area contributed by atoms with Crippen LogP contribution in [0.2, 0.25) is 0 Å². The number of amides is 1. The average molecular weight is 421 g/mol. The summed E-state index contributed by atoms with van der Waals surface area (Å²) < 4.78 is 36.4. The van der Waals surface area contributed by atoms with Crippen LogP contribution in [0, 0.1) is 6.92 Å². The van der Waals surface area contributed by atoms with Crippen LogP contribution >= 0.6 is 0 Å². The number of rotatable bonds is 10. The van der Waals surface area contributed by atoms with Gasteiger partial charge in [0.1, 0.15) is 5.75 Å². The lowest BCUT2D eigenvalue weighted by Gasteiger charge is -2.23. The van der Waals surface area contributed by atoms with Gasteiger partial charge in [-0.05, 0) is 43.7 Å². The molecule has 2 rings (SSSR count). The molecule has 0 aliphatic heterocycles. The molecule has 0 radical (unpaired) electrons. The topological polar surface area (TPSA) is 84.9 Å². The van der Waals surface area contributed by atoms with Crippen LogP contribution in [0.5, 0.6) is 5.75 Å². The fourth-order valence-corrected chi connectivity index (χ4v) is 3.61. The summed E-state index contributed by atoms with van der Waals surface area (Å²) in [6.07, 6.45) is 1.18. The van der Waals surface area contributed by atoms with E-state index in [0.717, 1.165) is 11.1 Å². The molecule has 0 bridgehead atoms. The number of methoxy groups -OCH3 is 1. The first-order chi connectivity index (χ1) is 13.7. The minimum Gasteiger partial charge on any atom is -0.484 e. The lowest BCUT2D eigenvalue weighted by atomic mass is 10.1. The summed E-state index contributed by atoms with van der Waals surface area (Å²) in [5.74, 6) is 0.225. The largest absolute Gasteiger partial charge is 0.484 e. The Labute approximate surface area is 172 Å². The molecule has 0 fully saturated rings. The van der Waals surface area contributed by atoms with Crippen LogP contribution in [0.25, 0.3) is 0 Å². The summed E-state index contributed by atoms with van der Waals surface area (Å²) >= 11 is 0. The van der Waals surface area contributed by atoms with Gasteiger partial charge in [0, 0.05) is 13.2 Å². The van der Waals surface area contributed by atoms with Gasteiger partial charge in [-0.2, -0.15) is 0 Å². The van der Waals surface area contributed by atoms with Crippen molar-refractivity contribution in [1.82, 2.24) is 5.32 Å². The smallest absolute Gasteiger partial charge is 0.258 e. The molecule has 0 aromatic heterocycles. The maximum Gasteiger partial charge on any atom is 0.258 e. The number of hydrogen-bond donors (Lipinski definition) is 1. The Morgan fingerprint density at radius 1 is 1.10 bits per heavy atom. The maximum absolute atomic E-state index is 12.3. The Morgan fingerprint density at radius 3 is 2.28 bits per heavy atom. The van der Waals surface area contributed by atoms with Crippen LogP contribution in [0.3, 0.4) is 0 Å². The SMILES string of the molecule is COC[C@H](C)NC(=O)COc1ccc(N(Cc2ccc(C)cc2)S(C)(=O)=O)cc1. The second-order valence-electron chi connectivity index (χ2n) is 6.96. The molecular weight excluding hydrogens is 392 g/mol. The monoisotopic (exact) mass is 420 g/mol. The van der Waals surface area contributed by atoms with E-state index in [4.69, 9.17) is 9.47 Å². The summed E-state index contributed by atoms with van der Waals surface area (Å²) in [5, 5.41) is 2.76. The zero-order chi connectivity index (χ0) is 21.4. The van der Waals surface area contributed by atoms with Gasteiger partial charge in [-0.3, -0.25) is 9.10 Å². The number of hydrogen-bond acceptors (Lipinski definition) is 5. The normalized spacial score (nSPS) is 12.3. The van der Waals surface area contributed by atoms with Gasteiger partial charge in [-0.25, -0.2) is 8.42 Å². The molecule has 0 saturated heterocycles. The van der Waals surface area contributed by atoms with Crippen LogP contribution in [-0.4, -0.2) is 46.9 Å². The van der Waals surface area contributed by atoms with Crippen molar-refractivity contribution in [3.63, 3.8) is 0 Å². The first kappa shape index (κ1) is 22.7. The van der Waals surface area contributed by atoms with Crippen molar-refractivity contribution in [1.29, 1.82) is 0 Å². The first-order valence-corrected chi connectivity index (χ1v) is 11.1. The van der Waals surface area contributed by atoms with Gasteiger partial charge in [-0.1, -0.05) is 29.8 Å². The number of carbonyl (C=O) groups excluding carboxylic acids is 1. The van der Waals surface area contributed by atoms with Gasteiger partial charge >= 0.3 is 0 Å². The van der Waals surface area contributed by atoms with E-state index in [0.29, 0.717) is 18.0 Å². The molecule has 2 aromatic carbocycles. The third-order valence-electron chi connectivity index (χ3n) is 4.17. The van der Waals surface area contributed by atoms with Crippen molar-refractivity contribution in [3.8, 4) is 5.75 Å². The van der Waals surface area contributed by atoms with Crippen molar-refractivity contribution >= 4 is 21.6 Å². The van der Waals surface area contributed by atoms with Crippen LogP contribution < -0.4 is 14.4 Å². The number of aryl methyl sites for hydroxylation is 1. The van der Waals surface area contributed by atoms with E-state index < -0.39 is 10.0 Å². The minimum absolute atomic E-state index is 0.108. The summed E-state index contributed by atoms with van der Waals surface area (Å²) in [4.78, 5) is 11.9. The van der Waals surface area contributed by atoms with E-state index in [1.165, 1.54) is 10.6 Å². The number of nitrogens with one attached hydrogen (secondary N) is 1. The molecular formula is C21H28N2O5S. The van der Waals surface area contributed by atoms with Crippen molar-refractivity contribution in [2.75, 3.05) is 30.9 Å². The zero-order valence-corrected chi connectivity index (χ0v) is 18.0. The maximum atomic E-state index is 12.3. The van der Waals surface area contributed by atoms with E-state index in [-0.39, 0.29) is 25.1 Å². The minimum atomic E-state index is -3.47. The van der Waals surface area contributed by atoms with Gasteiger partial charge in [0.25, 0.3) is 5.91 Å². The molecule has 1 N–H and O–H groups in total. The van der Waals surface area contributed by atoms with Gasteiger partial charge in [-0.15, -0.1) is 0 Å². The Kier molecular flexibility index (Phi) is 8.04. The quantitative estimate of drug-likeness (QED) is 0.638. The highest BCUT2D eigenvalue weighted by atomic mass is 32.2. The molecule has 1 atom stereocenters. The number of benzene rings is 2. The molecule has 0 unspecified atom stereocenters. The molecule has 0 aliphatic carbocycles. The molecule has 7 nitrogen and oxygen atoms in total. The molecule has 0 spiro atoms. The molecule has 0 aliphatic rings. The summed E-state index contributed by atoms with van der Waals surface area (Å²) in [7, 11) is -1.90. The Bertz CT molecular complexity index is 896. The standard InChI is InChI=1S/C21H28N2O5S/c1-16-5-7-18(8-6-16)13-23(29(4,25)26)19-9-11-20(12-10-19)28-15-21(24)22-17(2)14-27-3/h5-12,17H,13-15H2,1-4H3,(H,22,24)/t17-/m0/s1. The third-order valence-corrected chi connectivity index (χ3v) is 5.31. The van der Waals surface area contributed by atoms with Crippen LogP contribution in [0.4, 0.5) is 5.69 Å². The molecule has 2 aromatic rings. The summed E-state index contributed by atoms with van der Waals surface area (Å²) in [5.41, 5.74) is 2.53. The van der Waals surface area contributed by atoms with Gasteiger partial charge in [0.2, 0.25) is 10.0 Å². The molecule has 8 heteroatoms. The number of ether oxygens (including phenoxy) is 2. The number of nitrogens with zero attached hydrogens (tertiary/aromatic N) is 1. The van der Waals surface area contributed by atoms with Crippen LogP contribution in [-0.2, 0) is 26.1 Å². The van der Waals surface area contributed by atoms with Gasteiger partial charge in [0.05, 0.1) is 25.1 Å². The Balaban J connectivity index is 2.03. The highest BCUT2D eigenvalue weighted by Crippen LogP contribution is 2.24. The Morgan fingerprint density at radius 2 is 1.72 bits per heavy atom. The second kappa shape index (κ2) is 10.3. The predicted molar refractivity (Wildman–Crippen MR) is 114 cm³/mol. The fourth-order valence-electron chi connectivity index (χ4n) is 2.72. The highest BCUT2D eigenvalue weighted by Gasteiger charge is 2.18. The number of carbonyl (C=O) groups is 1. The number of anilines is 1. The van der Waals surface area contributed by atoms with Crippen molar-refractivity contribution < 1.29 is 22.7 Å². The van der Waals surface area contributed by atoms with Crippen LogP contribution in [0.15, 0.2) is 48.5 Å². The molecule has 1 amide bonds. The summed E-state index contributed by atoms with van der Waals surface area (Å²) in [6.45, 7) is 4.34. The van der Waals surface area contributed by atoms with Crippen molar-refractivity contribution in [2.45, 2.75) is 26.4 Å². The van der Waals surface area contributed by atoms with Gasteiger partial charge < -0.3 is 14.8 Å². The highest BCUT2D eigenvalue weighted by molar-refractivity contribution is 7.92.